The molecule has 2 aromatic rings. The largest absolute Gasteiger partial charge is 0.338 e. The van der Waals surface area contributed by atoms with Crippen LogP contribution in [0.4, 0.5) is 10.6 Å². The molecule has 0 bridgehead atoms. The SMILES string of the molecule is Cc1nccn1CCCNC(=O)Nc1ccnn1C(C)C(C)C. The fourth-order valence-corrected chi connectivity index (χ4v) is 2.27. The van der Waals surface area contributed by atoms with Crippen LogP contribution in [0.15, 0.2) is 24.7 Å². The molecule has 2 amide bonds. The van der Waals surface area contributed by atoms with Gasteiger partial charge in [0.1, 0.15) is 11.6 Å². The van der Waals surface area contributed by atoms with Gasteiger partial charge in [-0.15, -0.1) is 0 Å². The first kappa shape index (κ1) is 17.1. The maximum atomic E-state index is 12.0. The van der Waals surface area contributed by atoms with Gasteiger partial charge in [0, 0.05) is 31.5 Å². The Morgan fingerprint density at radius 1 is 1.30 bits per heavy atom. The highest BCUT2D eigenvalue weighted by molar-refractivity contribution is 5.88. The summed E-state index contributed by atoms with van der Waals surface area (Å²) in [5.41, 5.74) is 0. The van der Waals surface area contributed by atoms with Crippen molar-refractivity contribution in [3.63, 3.8) is 0 Å². The van der Waals surface area contributed by atoms with Gasteiger partial charge in [-0.25, -0.2) is 14.5 Å². The first-order valence-electron chi connectivity index (χ1n) is 8.05. The van der Waals surface area contributed by atoms with E-state index in [1.807, 2.05) is 23.9 Å². The van der Waals surface area contributed by atoms with Crippen LogP contribution in [0.2, 0.25) is 0 Å². The number of anilines is 1. The quantitative estimate of drug-likeness (QED) is 0.771. The lowest BCUT2D eigenvalue weighted by Crippen LogP contribution is -2.31. The summed E-state index contributed by atoms with van der Waals surface area (Å²) in [5.74, 6) is 2.15. The number of hydrogen-bond acceptors (Lipinski definition) is 3. The number of nitrogens with zero attached hydrogens (tertiary/aromatic N) is 4. The molecule has 0 aliphatic heterocycles. The number of rotatable bonds is 7. The summed E-state index contributed by atoms with van der Waals surface area (Å²) in [5, 5.41) is 10.0. The number of carbonyl (C=O) groups excluding carboxylic acids is 1. The van der Waals surface area contributed by atoms with Gasteiger partial charge < -0.3 is 9.88 Å². The average molecular weight is 318 g/mol. The standard InChI is InChI=1S/C16H26N6O/c1-12(2)13(3)22-15(6-8-19-22)20-16(23)18-7-5-10-21-11-9-17-14(21)4/h6,8-9,11-13H,5,7,10H2,1-4H3,(H2,18,20,23). The Bertz CT molecular complexity index is 630. The molecule has 0 spiro atoms. The van der Waals surface area contributed by atoms with Crippen LogP contribution in [-0.4, -0.2) is 31.9 Å². The number of urea groups is 1. The van der Waals surface area contributed by atoms with E-state index in [-0.39, 0.29) is 12.1 Å². The topological polar surface area (TPSA) is 76.8 Å². The van der Waals surface area contributed by atoms with Crippen molar-refractivity contribution in [3.05, 3.63) is 30.5 Å². The Labute approximate surface area is 137 Å². The number of carbonyl (C=O) groups is 1. The van der Waals surface area contributed by atoms with E-state index in [2.05, 4.69) is 46.1 Å². The van der Waals surface area contributed by atoms with Gasteiger partial charge in [-0.05, 0) is 26.2 Å². The number of imidazole rings is 1. The van der Waals surface area contributed by atoms with Gasteiger partial charge in [0.2, 0.25) is 0 Å². The van der Waals surface area contributed by atoms with Crippen molar-refractivity contribution >= 4 is 11.8 Å². The predicted molar refractivity (Wildman–Crippen MR) is 90.4 cm³/mol. The number of amides is 2. The maximum Gasteiger partial charge on any atom is 0.320 e. The molecular weight excluding hydrogens is 292 g/mol. The van der Waals surface area contributed by atoms with Crippen molar-refractivity contribution in [1.82, 2.24) is 24.6 Å². The van der Waals surface area contributed by atoms with Gasteiger partial charge in [0.05, 0.1) is 12.2 Å². The van der Waals surface area contributed by atoms with Crippen molar-refractivity contribution in [2.24, 2.45) is 5.92 Å². The fourth-order valence-electron chi connectivity index (χ4n) is 2.27. The van der Waals surface area contributed by atoms with Crippen molar-refractivity contribution in [2.75, 3.05) is 11.9 Å². The molecule has 2 aromatic heterocycles. The second-order valence-corrected chi connectivity index (χ2v) is 6.05. The highest BCUT2D eigenvalue weighted by Crippen LogP contribution is 2.20. The van der Waals surface area contributed by atoms with E-state index >= 15 is 0 Å². The molecule has 1 atom stereocenters. The summed E-state index contributed by atoms with van der Waals surface area (Å²) < 4.78 is 3.91. The van der Waals surface area contributed by atoms with E-state index in [0.717, 1.165) is 18.8 Å². The smallest absolute Gasteiger partial charge is 0.320 e. The molecule has 23 heavy (non-hydrogen) atoms. The van der Waals surface area contributed by atoms with Crippen molar-refractivity contribution < 1.29 is 4.79 Å². The molecule has 0 radical (unpaired) electrons. The van der Waals surface area contributed by atoms with Crippen molar-refractivity contribution in [3.8, 4) is 0 Å². The molecule has 0 saturated heterocycles. The van der Waals surface area contributed by atoms with E-state index in [9.17, 15) is 4.79 Å². The van der Waals surface area contributed by atoms with Crippen molar-refractivity contribution in [1.29, 1.82) is 0 Å². The average Bonchev–Trinajstić information content (AvgIpc) is 3.12. The van der Waals surface area contributed by atoms with Crippen LogP contribution in [-0.2, 0) is 6.54 Å². The van der Waals surface area contributed by atoms with Crippen LogP contribution in [0.1, 0.15) is 39.1 Å². The third kappa shape index (κ3) is 4.58. The highest BCUT2D eigenvalue weighted by atomic mass is 16.2. The minimum Gasteiger partial charge on any atom is -0.338 e. The fraction of sp³-hybridized carbons (Fsp3) is 0.562. The summed E-state index contributed by atoms with van der Waals surface area (Å²) in [6, 6.07) is 1.84. The molecule has 7 heteroatoms. The van der Waals surface area contributed by atoms with Gasteiger partial charge in [-0.2, -0.15) is 5.10 Å². The highest BCUT2D eigenvalue weighted by Gasteiger charge is 2.15. The first-order chi connectivity index (χ1) is 11.0. The second kappa shape index (κ2) is 7.80. The van der Waals surface area contributed by atoms with Gasteiger partial charge in [0.25, 0.3) is 0 Å². The third-order valence-corrected chi connectivity index (χ3v) is 4.05. The van der Waals surface area contributed by atoms with E-state index < -0.39 is 0 Å². The zero-order valence-electron chi connectivity index (χ0n) is 14.3. The lowest BCUT2D eigenvalue weighted by atomic mass is 10.1. The Morgan fingerprint density at radius 3 is 2.74 bits per heavy atom. The molecule has 0 fully saturated rings. The monoisotopic (exact) mass is 318 g/mol. The lowest BCUT2D eigenvalue weighted by Gasteiger charge is -2.19. The van der Waals surface area contributed by atoms with Gasteiger partial charge in [-0.3, -0.25) is 5.32 Å². The van der Waals surface area contributed by atoms with E-state index in [1.54, 1.807) is 12.4 Å². The molecule has 2 heterocycles. The van der Waals surface area contributed by atoms with Crippen LogP contribution in [0.5, 0.6) is 0 Å². The molecule has 126 valence electrons. The second-order valence-electron chi connectivity index (χ2n) is 6.05. The third-order valence-electron chi connectivity index (χ3n) is 4.05. The van der Waals surface area contributed by atoms with Crippen LogP contribution in [0, 0.1) is 12.8 Å². The van der Waals surface area contributed by atoms with Gasteiger partial charge >= 0.3 is 6.03 Å². The van der Waals surface area contributed by atoms with Crippen LogP contribution in [0.3, 0.4) is 0 Å². The van der Waals surface area contributed by atoms with Crippen molar-refractivity contribution in [2.45, 2.75) is 46.7 Å². The minimum atomic E-state index is -0.204. The van der Waals surface area contributed by atoms with E-state index in [4.69, 9.17) is 0 Å². The molecular formula is C16H26N6O. The molecule has 7 nitrogen and oxygen atoms in total. The molecule has 0 saturated carbocycles. The number of hydrogen-bond donors (Lipinski definition) is 2. The summed E-state index contributed by atoms with van der Waals surface area (Å²) in [4.78, 5) is 16.2. The molecule has 2 N–H and O–H groups in total. The zero-order chi connectivity index (χ0) is 16.8. The van der Waals surface area contributed by atoms with Gasteiger partial charge in [-0.1, -0.05) is 13.8 Å². The van der Waals surface area contributed by atoms with Crippen LogP contribution >= 0.6 is 0 Å². The molecule has 1 unspecified atom stereocenters. The first-order valence-corrected chi connectivity index (χ1v) is 8.05. The minimum absolute atomic E-state index is 0.204. The molecule has 2 rings (SSSR count). The Hall–Kier alpha value is -2.31. The molecule has 0 aliphatic rings. The lowest BCUT2D eigenvalue weighted by molar-refractivity contribution is 0.251. The van der Waals surface area contributed by atoms with Crippen LogP contribution in [0.25, 0.3) is 0 Å². The number of aromatic nitrogens is 4. The van der Waals surface area contributed by atoms with Crippen LogP contribution < -0.4 is 10.6 Å². The summed E-state index contributed by atoms with van der Waals surface area (Å²) in [7, 11) is 0. The Kier molecular flexibility index (Phi) is 5.78. The predicted octanol–water partition coefficient (Wildman–Crippen LogP) is 2.82. The van der Waals surface area contributed by atoms with Gasteiger partial charge in [0.15, 0.2) is 0 Å². The Morgan fingerprint density at radius 2 is 2.09 bits per heavy atom. The maximum absolute atomic E-state index is 12.0. The number of nitrogens with one attached hydrogen (secondary N) is 2. The normalized spacial score (nSPS) is 12.4. The molecule has 0 aromatic carbocycles. The summed E-state index contributed by atoms with van der Waals surface area (Å²) in [6.07, 6.45) is 6.29. The molecule has 0 aliphatic carbocycles. The van der Waals surface area contributed by atoms with E-state index in [0.29, 0.717) is 18.3 Å². The Balaban J connectivity index is 1.77. The van der Waals surface area contributed by atoms with E-state index in [1.165, 1.54) is 0 Å². The summed E-state index contributed by atoms with van der Waals surface area (Å²) in [6.45, 7) is 9.78. The zero-order valence-corrected chi connectivity index (χ0v) is 14.3. The summed E-state index contributed by atoms with van der Waals surface area (Å²) >= 11 is 0. The number of aryl methyl sites for hydroxylation is 2.